The van der Waals surface area contributed by atoms with Gasteiger partial charge in [0.15, 0.2) is 0 Å². The number of aromatic nitrogens is 2. The summed E-state index contributed by atoms with van der Waals surface area (Å²) < 4.78 is 0. The number of aliphatic hydroxyl groups excluding tert-OH is 4. The second-order valence-corrected chi connectivity index (χ2v) is 7.43. The molecular weight excluding hydrogens is 494 g/mol. The third-order valence-electron chi connectivity index (χ3n) is 3.52. The van der Waals surface area contributed by atoms with Gasteiger partial charge in [-0.15, -0.1) is 0 Å². The van der Waals surface area contributed by atoms with E-state index in [2.05, 4.69) is 9.97 Å². The van der Waals surface area contributed by atoms with Crippen molar-refractivity contribution in [2.75, 3.05) is 0 Å². The zero-order valence-corrected chi connectivity index (χ0v) is 17.7. The Morgan fingerprint density at radius 2 is 1.04 bits per heavy atom. The summed E-state index contributed by atoms with van der Waals surface area (Å²) in [4.78, 5) is 7.67. The quantitative estimate of drug-likeness (QED) is 0.336. The molecule has 0 unspecified atom stereocenters. The molecule has 11 heteroatoms. The fourth-order valence-electron chi connectivity index (χ4n) is 1.99. The van der Waals surface area contributed by atoms with Crippen molar-refractivity contribution >= 4 is 19.1 Å². The van der Waals surface area contributed by atoms with Crippen LogP contribution in [0.1, 0.15) is 33.6 Å². The Bertz CT molecular complexity index is 662. The summed E-state index contributed by atoms with van der Waals surface area (Å²) in [6, 6.07) is 0. The SMILES string of the molecule is Cc1ncc(CO)c(CO)c1O.Cc1ncc(CO)c(CO)c1O.[Cl][Pd][Cl]. The van der Waals surface area contributed by atoms with Crippen molar-refractivity contribution in [1.29, 1.82) is 0 Å². The third kappa shape index (κ3) is 7.86. The summed E-state index contributed by atoms with van der Waals surface area (Å²) in [6.45, 7) is 2.24. The van der Waals surface area contributed by atoms with Crippen LogP contribution in [0.3, 0.4) is 0 Å². The molecule has 0 fully saturated rings. The van der Waals surface area contributed by atoms with Crippen LogP contribution in [0.15, 0.2) is 12.4 Å². The predicted molar refractivity (Wildman–Crippen MR) is 96.7 cm³/mol. The molecular formula is C16H22Cl2N2O6Pd. The topological polar surface area (TPSA) is 147 Å². The van der Waals surface area contributed by atoms with E-state index in [1.165, 1.54) is 12.4 Å². The van der Waals surface area contributed by atoms with E-state index in [0.29, 0.717) is 33.6 Å². The molecule has 0 aliphatic carbocycles. The molecule has 0 saturated heterocycles. The molecule has 156 valence electrons. The Hall–Kier alpha value is -1.02. The van der Waals surface area contributed by atoms with Crippen LogP contribution >= 0.6 is 19.1 Å². The van der Waals surface area contributed by atoms with Crippen LogP contribution in [0, 0.1) is 13.8 Å². The second kappa shape index (κ2) is 14.0. The van der Waals surface area contributed by atoms with Crippen LogP contribution < -0.4 is 0 Å². The van der Waals surface area contributed by atoms with Gasteiger partial charge in [0.05, 0.1) is 37.8 Å². The number of halogens is 2. The van der Waals surface area contributed by atoms with Gasteiger partial charge in [0.2, 0.25) is 0 Å². The predicted octanol–water partition coefficient (Wildman–Crippen LogP) is 1.54. The molecule has 2 rings (SSSR count). The van der Waals surface area contributed by atoms with E-state index in [4.69, 9.17) is 39.5 Å². The van der Waals surface area contributed by atoms with Gasteiger partial charge in [0.1, 0.15) is 11.5 Å². The molecule has 2 aromatic rings. The fourth-order valence-corrected chi connectivity index (χ4v) is 1.99. The Labute approximate surface area is 173 Å². The van der Waals surface area contributed by atoms with Gasteiger partial charge in [-0.3, -0.25) is 9.97 Å². The van der Waals surface area contributed by atoms with Gasteiger partial charge in [-0.2, -0.15) is 0 Å². The van der Waals surface area contributed by atoms with Crippen LogP contribution in [-0.4, -0.2) is 40.6 Å². The standard InChI is InChI=1S/2C8H11NO3.2ClH.Pd/c2*1-5-8(12)7(4-11)6(3-10)2-9-5;;;/h2*2,10-12H,3-4H2,1H3;2*1H;/q;;;;+2/p-2. The van der Waals surface area contributed by atoms with Crippen LogP contribution in [0.25, 0.3) is 0 Å². The zero-order chi connectivity index (χ0) is 21.0. The summed E-state index contributed by atoms with van der Waals surface area (Å²) in [5.74, 6) is -0.0758. The van der Waals surface area contributed by atoms with E-state index in [9.17, 15) is 10.2 Å². The van der Waals surface area contributed by atoms with Crippen molar-refractivity contribution in [2.24, 2.45) is 0 Å². The van der Waals surface area contributed by atoms with Gasteiger partial charge in [-0.1, -0.05) is 0 Å². The Morgan fingerprint density at radius 3 is 1.26 bits per heavy atom. The van der Waals surface area contributed by atoms with E-state index in [1.54, 1.807) is 13.8 Å². The van der Waals surface area contributed by atoms with E-state index >= 15 is 0 Å². The first kappa shape index (κ1) is 26.0. The first-order valence-electron chi connectivity index (χ1n) is 7.41. The minimum absolute atomic E-state index is 0.0379. The number of aliphatic hydroxyl groups is 4. The summed E-state index contributed by atoms with van der Waals surface area (Å²) >= 11 is -0.106. The first-order valence-corrected chi connectivity index (χ1v) is 11.4. The molecule has 0 atom stereocenters. The van der Waals surface area contributed by atoms with Gasteiger partial charge in [-0.25, -0.2) is 0 Å². The van der Waals surface area contributed by atoms with Gasteiger partial charge in [0.25, 0.3) is 0 Å². The molecule has 0 aliphatic heterocycles. The first-order chi connectivity index (χ1) is 12.8. The summed E-state index contributed by atoms with van der Waals surface area (Å²) in [5.41, 5.74) is 2.53. The van der Waals surface area contributed by atoms with Crippen molar-refractivity contribution in [3.8, 4) is 11.5 Å². The van der Waals surface area contributed by atoms with Crippen molar-refractivity contribution in [3.63, 3.8) is 0 Å². The van der Waals surface area contributed by atoms with Crippen LogP contribution in [0.5, 0.6) is 11.5 Å². The molecule has 6 N–H and O–H groups in total. The average molecular weight is 516 g/mol. The molecule has 0 spiro atoms. The molecule has 0 amide bonds. The summed E-state index contributed by atoms with van der Waals surface area (Å²) in [7, 11) is 9.63. The number of pyridine rings is 2. The van der Waals surface area contributed by atoms with Gasteiger partial charge >= 0.3 is 35.0 Å². The maximum atomic E-state index is 9.38. The number of aryl methyl sites for hydroxylation is 2. The number of hydrogen-bond acceptors (Lipinski definition) is 8. The number of hydrogen-bond donors (Lipinski definition) is 6. The molecule has 0 bridgehead atoms. The Morgan fingerprint density at radius 1 is 0.741 bits per heavy atom. The van der Waals surface area contributed by atoms with Crippen molar-refractivity contribution in [3.05, 3.63) is 46.0 Å². The number of rotatable bonds is 4. The van der Waals surface area contributed by atoms with Gasteiger partial charge < -0.3 is 30.6 Å². The number of nitrogens with zero attached hydrogens (tertiary/aromatic N) is 2. The molecule has 0 aliphatic rings. The van der Waals surface area contributed by atoms with Gasteiger partial charge in [0, 0.05) is 34.6 Å². The summed E-state index contributed by atoms with van der Waals surface area (Å²) in [5, 5.41) is 54.1. The molecule has 8 nitrogen and oxygen atoms in total. The molecule has 0 saturated carbocycles. The van der Waals surface area contributed by atoms with E-state index in [-0.39, 0.29) is 53.9 Å². The molecule has 2 aromatic heterocycles. The Kier molecular flexibility index (Phi) is 13.5. The van der Waals surface area contributed by atoms with E-state index < -0.39 is 0 Å². The van der Waals surface area contributed by atoms with Crippen LogP contribution in [0.4, 0.5) is 0 Å². The average Bonchev–Trinajstić information content (AvgIpc) is 2.67. The zero-order valence-electron chi connectivity index (χ0n) is 14.6. The van der Waals surface area contributed by atoms with E-state index in [0.717, 1.165) is 0 Å². The minimum atomic E-state index is -0.287. The van der Waals surface area contributed by atoms with Crippen LogP contribution in [-0.2, 0) is 42.4 Å². The molecule has 0 aromatic carbocycles. The third-order valence-corrected chi connectivity index (χ3v) is 3.52. The number of aromatic hydroxyl groups is 2. The van der Waals surface area contributed by atoms with Crippen molar-refractivity contribution < 1.29 is 46.6 Å². The molecule has 27 heavy (non-hydrogen) atoms. The molecule has 2 heterocycles. The van der Waals surface area contributed by atoms with Crippen LogP contribution in [0.2, 0.25) is 0 Å². The normalized spacial score (nSPS) is 9.93. The maximum absolute atomic E-state index is 9.38. The Balaban J connectivity index is 0.000000438. The van der Waals surface area contributed by atoms with Crippen molar-refractivity contribution in [2.45, 2.75) is 40.3 Å². The van der Waals surface area contributed by atoms with E-state index in [1.807, 2.05) is 0 Å². The fraction of sp³-hybridized carbons (Fsp3) is 0.375. The summed E-state index contributed by atoms with van der Waals surface area (Å²) in [6.07, 6.45) is 2.89. The second-order valence-electron chi connectivity index (χ2n) is 5.07. The molecule has 0 radical (unpaired) electrons. The van der Waals surface area contributed by atoms with Crippen molar-refractivity contribution in [1.82, 2.24) is 9.97 Å². The van der Waals surface area contributed by atoms with Gasteiger partial charge in [-0.05, 0) is 13.8 Å². The monoisotopic (exact) mass is 514 g/mol.